The molecule has 2 heterocycles. The molecule has 0 amide bonds. The van der Waals surface area contributed by atoms with E-state index < -0.39 is 0 Å². The van der Waals surface area contributed by atoms with Crippen LogP contribution < -0.4 is 5.73 Å². The molecule has 0 fully saturated rings. The van der Waals surface area contributed by atoms with Gasteiger partial charge in [-0.3, -0.25) is 9.69 Å². The molecule has 1 aromatic heterocycles. The minimum atomic E-state index is -0.0669. The van der Waals surface area contributed by atoms with E-state index in [1.807, 2.05) is 12.3 Å². The molecule has 1 atom stereocenters. The molecule has 0 bridgehead atoms. The van der Waals surface area contributed by atoms with Gasteiger partial charge in [-0.05, 0) is 25.1 Å². The first-order valence-corrected chi connectivity index (χ1v) is 5.11. The zero-order valence-electron chi connectivity index (χ0n) is 8.58. The molecule has 2 aliphatic rings. The van der Waals surface area contributed by atoms with Crippen LogP contribution in [0.2, 0.25) is 0 Å². The number of H-pyrrole nitrogens is 1. The van der Waals surface area contributed by atoms with Crippen LogP contribution in [0.25, 0.3) is 0 Å². The summed E-state index contributed by atoms with van der Waals surface area (Å²) in [4.78, 5) is 17.1. The number of aromatic amines is 1. The Labute approximate surface area is 87.8 Å². The van der Waals surface area contributed by atoms with E-state index in [1.165, 1.54) is 5.56 Å². The Morgan fingerprint density at radius 2 is 2.40 bits per heavy atom. The Bertz CT molecular complexity index is 472. The molecule has 4 nitrogen and oxygen atoms in total. The van der Waals surface area contributed by atoms with E-state index in [9.17, 15) is 4.79 Å². The second kappa shape index (κ2) is 2.73. The molecule has 0 saturated carbocycles. The van der Waals surface area contributed by atoms with Crippen molar-refractivity contribution in [3.63, 3.8) is 0 Å². The zero-order valence-corrected chi connectivity index (χ0v) is 8.58. The number of nitrogens with one attached hydrogen (secondary N) is 1. The Balaban J connectivity index is 2.24. The number of hydrogen-bond donors (Lipinski definition) is 2. The molecule has 0 radical (unpaired) electrons. The van der Waals surface area contributed by atoms with Gasteiger partial charge in [0.05, 0.1) is 17.4 Å². The van der Waals surface area contributed by atoms with E-state index >= 15 is 0 Å². The molecular weight excluding hydrogens is 190 g/mol. The summed E-state index contributed by atoms with van der Waals surface area (Å²) in [5, 5.41) is 0. The monoisotopic (exact) mass is 203 g/mol. The van der Waals surface area contributed by atoms with Gasteiger partial charge in [-0.1, -0.05) is 0 Å². The summed E-state index contributed by atoms with van der Waals surface area (Å²) in [5.74, 6) is -0.0669. The molecular formula is C11H13N3O. The van der Waals surface area contributed by atoms with E-state index in [1.54, 1.807) is 0 Å². The maximum absolute atomic E-state index is 11.8. The predicted molar refractivity (Wildman–Crippen MR) is 56.5 cm³/mol. The fraction of sp³-hybridized carbons (Fsp3) is 0.364. The lowest BCUT2D eigenvalue weighted by molar-refractivity contribution is 0.101. The van der Waals surface area contributed by atoms with Gasteiger partial charge in [-0.25, -0.2) is 0 Å². The molecule has 0 unspecified atom stereocenters. The zero-order chi connectivity index (χ0) is 10.6. The second-order valence-corrected chi connectivity index (χ2v) is 4.23. The first-order chi connectivity index (χ1) is 7.18. The van der Waals surface area contributed by atoms with Crippen LogP contribution in [0.1, 0.15) is 27.7 Å². The maximum Gasteiger partial charge on any atom is 0.224 e. The summed E-state index contributed by atoms with van der Waals surface area (Å²) in [5.41, 5.74) is 9.14. The number of aromatic nitrogens is 1. The highest BCUT2D eigenvalue weighted by atomic mass is 16.1. The number of nitrogens with zero attached hydrogens (tertiary/aromatic N) is 1. The van der Waals surface area contributed by atoms with Crippen molar-refractivity contribution >= 4 is 5.78 Å². The van der Waals surface area contributed by atoms with Crippen molar-refractivity contribution in [3.05, 3.63) is 34.8 Å². The van der Waals surface area contributed by atoms with E-state index in [4.69, 9.17) is 5.73 Å². The SMILES string of the molecule is CN1CCc2c[nH]c3c2[C@@H]1C=C(N)C3=O. The second-order valence-electron chi connectivity index (χ2n) is 4.23. The van der Waals surface area contributed by atoms with Crippen LogP contribution in [-0.4, -0.2) is 29.3 Å². The van der Waals surface area contributed by atoms with Crippen molar-refractivity contribution in [3.8, 4) is 0 Å². The summed E-state index contributed by atoms with van der Waals surface area (Å²) in [6.45, 7) is 1.01. The van der Waals surface area contributed by atoms with Gasteiger partial charge in [0.2, 0.25) is 5.78 Å². The largest absolute Gasteiger partial charge is 0.396 e. The van der Waals surface area contributed by atoms with Crippen LogP contribution in [0.4, 0.5) is 0 Å². The van der Waals surface area contributed by atoms with E-state index in [2.05, 4.69) is 16.9 Å². The van der Waals surface area contributed by atoms with Crippen LogP contribution in [0.15, 0.2) is 18.0 Å². The number of carbonyl (C=O) groups is 1. The number of allylic oxidation sites excluding steroid dienone is 1. The lowest BCUT2D eigenvalue weighted by Crippen LogP contribution is -2.35. The number of carbonyl (C=O) groups excluding carboxylic acids is 1. The van der Waals surface area contributed by atoms with Gasteiger partial charge in [-0.2, -0.15) is 0 Å². The van der Waals surface area contributed by atoms with Gasteiger partial charge in [0.15, 0.2) is 0 Å². The van der Waals surface area contributed by atoms with E-state index in [0.717, 1.165) is 18.5 Å². The molecule has 3 N–H and O–H groups in total. The van der Waals surface area contributed by atoms with E-state index in [-0.39, 0.29) is 11.8 Å². The Hall–Kier alpha value is -1.55. The molecule has 1 aliphatic heterocycles. The van der Waals surface area contributed by atoms with E-state index in [0.29, 0.717) is 11.4 Å². The Morgan fingerprint density at radius 1 is 1.60 bits per heavy atom. The van der Waals surface area contributed by atoms with Crippen LogP contribution in [0.5, 0.6) is 0 Å². The van der Waals surface area contributed by atoms with Crippen molar-refractivity contribution < 1.29 is 4.79 Å². The van der Waals surface area contributed by atoms with Gasteiger partial charge in [0, 0.05) is 18.3 Å². The van der Waals surface area contributed by atoms with Gasteiger partial charge < -0.3 is 10.7 Å². The molecule has 1 aromatic rings. The standard InChI is InChI=1S/C11H13N3O/c1-14-3-2-6-5-13-10-9(6)8(14)4-7(12)11(10)15/h4-5,8,13H,2-3,12H2,1H3/t8-/m0/s1. The predicted octanol–water partition coefficient (Wildman–Crippen LogP) is 0.583. The Kier molecular flexibility index (Phi) is 1.59. The van der Waals surface area contributed by atoms with Crippen molar-refractivity contribution in [2.24, 2.45) is 5.73 Å². The van der Waals surface area contributed by atoms with Gasteiger partial charge in [-0.15, -0.1) is 0 Å². The van der Waals surface area contributed by atoms with Crippen molar-refractivity contribution in [2.45, 2.75) is 12.5 Å². The Morgan fingerprint density at radius 3 is 3.20 bits per heavy atom. The third kappa shape index (κ3) is 1.02. The van der Waals surface area contributed by atoms with Crippen molar-refractivity contribution in [2.75, 3.05) is 13.6 Å². The highest BCUT2D eigenvalue weighted by Gasteiger charge is 2.34. The number of rotatable bonds is 0. The molecule has 15 heavy (non-hydrogen) atoms. The summed E-state index contributed by atoms with van der Waals surface area (Å²) < 4.78 is 0. The van der Waals surface area contributed by atoms with Gasteiger partial charge in [0.1, 0.15) is 0 Å². The molecule has 0 saturated heterocycles. The quantitative estimate of drug-likeness (QED) is 0.648. The minimum absolute atomic E-state index is 0.0669. The van der Waals surface area contributed by atoms with Crippen molar-refractivity contribution in [1.82, 2.24) is 9.88 Å². The maximum atomic E-state index is 11.8. The highest BCUT2D eigenvalue weighted by Crippen LogP contribution is 2.36. The van der Waals surface area contributed by atoms with Crippen LogP contribution >= 0.6 is 0 Å². The summed E-state index contributed by atoms with van der Waals surface area (Å²) >= 11 is 0. The van der Waals surface area contributed by atoms with Crippen LogP contribution in [0, 0.1) is 0 Å². The fourth-order valence-electron chi connectivity index (χ4n) is 2.46. The topological polar surface area (TPSA) is 62.1 Å². The molecule has 0 aromatic carbocycles. The molecule has 1 aliphatic carbocycles. The van der Waals surface area contributed by atoms with Crippen LogP contribution in [-0.2, 0) is 6.42 Å². The fourth-order valence-corrected chi connectivity index (χ4v) is 2.46. The molecule has 0 spiro atoms. The molecule has 4 heteroatoms. The molecule has 78 valence electrons. The number of nitrogens with two attached hydrogens (primary N) is 1. The number of Topliss-reactive ketones (excluding diaryl/α,β-unsaturated/α-hetero) is 1. The first-order valence-electron chi connectivity index (χ1n) is 5.11. The summed E-state index contributed by atoms with van der Waals surface area (Å²) in [7, 11) is 2.06. The lowest BCUT2D eigenvalue weighted by Gasteiger charge is -2.33. The number of likely N-dealkylation sites (N-methyl/N-ethyl adjacent to an activating group) is 1. The number of ketones is 1. The van der Waals surface area contributed by atoms with Crippen molar-refractivity contribution in [1.29, 1.82) is 0 Å². The average Bonchev–Trinajstić information content (AvgIpc) is 2.64. The lowest BCUT2D eigenvalue weighted by atomic mass is 9.88. The third-order valence-corrected chi connectivity index (χ3v) is 3.34. The average molecular weight is 203 g/mol. The smallest absolute Gasteiger partial charge is 0.224 e. The van der Waals surface area contributed by atoms with Gasteiger partial charge >= 0.3 is 0 Å². The normalized spacial score (nSPS) is 25.0. The first kappa shape index (κ1) is 8.73. The van der Waals surface area contributed by atoms with Gasteiger partial charge in [0.25, 0.3) is 0 Å². The number of hydrogen-bond acceptors (Lipinski definition) is 3. The summed E-state index contributed by atoms with van der Waals surface area (Å²) in [6.07, 6.45) is 4.80. The third-order valence-electron chi connectivity index (χ3n) is 3.34. The molecule has 3 rings (SSSR count). The highest BCUT2D eigenvalue weighted by molar-refractivity contribution is 6.09. The van der Waals surface area contributed by atoms with Crippen LogP contribution in [0.3, 0.4) is 0 Å². The minimum Gasteiger partial charge on any atom is -0.396 e. The summed E-state index contributed by atoms with van der Waals surface area (Å²) in [6, 6.07) is 0.174.